The fraction of sp³-hybridized carbons (Fsp3) is 0.438. The van der Waals surface area contributed by atoms with Crippen molar-refractivity contribution in [2.75, 3.05) is 13.1 Å². The minimum Gasteiger partial charge on any atom is -0.356 e. The predicted molar refractivity (Wildman–Crippen MR) is 81.5 cm³/mol. The standard InChI is InChI=1S/C16H18ClN3/c1-16(10-18)7-4-8-20(11-16)9-14-15(17)12-5-2-3-6-13(12)19-14/h2-3,5-6,19H,4,7-9,11H2,1H3. The quantitative estimate of drug-likeness (QED) is 0.909. The zero-order valence-electron chi connectivity index (χ0n) is 11.6. The molecule has 2 heterocycles. The normalized spacial score (nSPS) is 23.9. The summed E-state index contributed by atoms with van der Waals surface area (Å²) in [4.78, 5) is 5.72. The summed E-state index contributed by atoms with van der Waals surface area (Å²) >= 11 is 6.46. The van der Waals surface area contributed by atoms with Gasteiger partial charge < -0.3 is 4.98 Å². The summed E-state index contributed by atoms with van der Waals surface area (Å²) in [6.45, 7) is 4.68. The van der Waals surface area contributed by atoms with Crippen molar-refractivity contribution in [1.29, 1.82) is 5.26 Å². The highest BCUT2D eigenvalue weighted by Gasteiger charge is 2.31. The largest absolute Gasteiger partial charge is 0.356 e. The number of para-hydroxylation sites is 1. The maximum atomic E-state index is 9.29. The molecule has 1 fully saturated rings. The lowest BCUT2D eigenvalue weighted by atomic mass is 9.83. The number of hydrogen-bond acceptors (Lipinski definition) is 2. The van der Waals surface area contributed by atoms with E-state index in [1.807, 2.05) is 31.2 Å². The van der Waals surface area contributed by atoms with E-state index in [9.17, 15) is 5.26 Å². The van der Waals surface area contributed by atoms with Gasteiger partial charge in [-0.2, -0.15) is 5.26 Å². The van der Waals surface area contributed by atoms with Crippen molar-refractivity contribution >= 4 is 22.5 Å². The van der Waals surface area contributed by atoms with Crippen LogP contribution in [0, 0.1) is 16.7 Å². The van der Waals surface area contributed by atoms with Gasteiger partial charge >= 0.3 is 0 Å². The molecule has 1 atom stereocenters. The van der Waals surface area contributed by atoms with Gasteiger partial charge in [0.05, 0.1) is 16.5 Å². The van der Waals surface area contributed by atoms with Crippen molar-refractivity contribution in [2.45, 2.75) is 26.3 Å². The van der Waals surface area contributed by atoms with Crippen LogP contribution in [0.5, 0.6) is 0 Å². The Bertz CT molecular complexity index is 670. The molecule has 1 N–H and O–H groups in total. The van der Waals surface area contributed by atoms with Gasteiger partial charge in [-0.05, 0) is 32.4 Å². The number of benzene rings is 1. The molecule has 0 spiro atoms. The van der Waals surface area contributed by atoms with Gasteiger partial charge in [0.15, 0.2) is 0 Å². The second kappa shape index (κ2) is 5.12. The molecule has 1 aromatic heterocycles. The maximum Gasteiger partial charge on any atom is 0.0705 e. The molecule has 1 aliphatic heterocycles. The second-order valence-corrected chi connectivity index (χ2v) is 6.33. The molecule has 1 saturated heterocycles. The molecule has 0 amide bonds. The Morgan fingerprint density at radius 3 is 3.00 bits per heavy atom. The molecule has 0 saturated carbocycles. The fourth-order valence-corrected chi connectivity index (χ4v) is 3.34. The number of piperidine rings is 1. The van der Waals surface area contributed by atoms with E-state index in [0.717, 1.165) is 54.1 Å². The van der Waals surface area contributed by atoms with Gasteiger partial charge in [0.1, 0.15) is 0 Å². The Labute approximate surface area is 124 Å². The molecule has 104 valence electrons. The van der Waals surface area contributed by atoms with Gasteiger partial charge in [-0.15, -0.1) is 0 Å². The summed E-state index contributed by atoms with van der Waals surface area (Å²) < 4.78 is 0. The zero-order valence-corrected chi connectivity index (χ0v) is 12.4. The van der Waals surface area contributed by atoms with E-state index in [1.165, 1.54) is 0 Å². The van der Waals surface area contributed by atoms with E-state index < -0.39 is 0 Å². The molecule has 0 bridgehead atoms. The summed E-state index contributed by atoms with van der Waals surface area (Å²) in [5.41, 5.74) is 1.90. The number of likely N-dealkylation sites (tertiary alicyclic amines) is 1. The van der Waals surface area contributed by atoms with E-state index in [1.54, 1.807) is 0 Å². The van der Waals surface area contributed by atoms with Crippen LogP contribution in [0.25, 0.3) is 10.9 Å². The molecular formula is C16H18ClN3. The average Bonchev–Trinajstić information content (AvgIpc) is 2.76. The number of hydrogen-bond donors (Lipinski definition) is 1. The molecule has 4 heteroatoms. The van der Waals surface area contributed by atoms with E-state index >= 15 is 0 Å². The fourth-order valence-electron chi connectivity index (χ4n) is 3.07. The summed E-state index contributed by atoms with van der Waals surface area (Å²) in [7, 11) is 0. The van der Waals surface area contributed by atoms with Gasteiger partial charge in [0.25, 0.3) is 0 Å². The summed E-state index contributed by atoms with van der Waals surface area (Å²) in [6, 6.07) is 10.5. The maximum absolute atomic E-state index is 9.29. The molecule has 3 rings (SSSR count). The van der Waals surface area contributed by atoms with E-state index in [2.05, 4.69) is 16.0 Å². The number of fused-ring (bicyclic) bond motifs is 1. The van der Waals surface area contributed by atoms with Gasteiger partial charge in [-0.3, -0.25) is 4.90 Å². The van der Waals surface area contributed by atoms with Crippen LogP contribution in [0.15, 0.2) is 24.3 Å². The highest BCUT2D eigenvalue weighted by Crippen LogP contribution is 2.32. The number of aromatic amines is 1. The van der Waals surface area contributed by atoms with Crippen molar-refractivity contribution in [3.63, 3.8) is 0 Å². The minimum atomic E-state index is -0.225. The van der Waals surface area contributed by atoms with E-state index in [4.69, 9.17) is 11.6 Å². The van der Waals surface area contributed by atoms with Crippen LogP contribution in [-0.2, 0) is 6.54 Å². The number of nitrogens with zero attached hydrogens (tertiary/aromatic N) is 2. The molecule has 20 heavy (non-hydrogen) atoms. The molecular weight excluding hydrogens is 270 g/mol. The Balaban J connectivity index is 1.83. The van der Waals surface area contributed by atoms with Crippen LogP contribution in [0.4, 0.5) is 0 Å². The lowest BCUT2D eigenvalue weighted by Gasteiger charge is -2.35. The molecule has 1 aromatic carbocycles. The van der Waals surface area contributed by atoms with Gasteiger partial charge in [-0.1, -0.05) is 29.8 Å². The van der Waals surface area contributed by atoms with Crippen molar-refractivity contribution in [3.05, 3.63) is 35.0 Å². The van der Waals surface area contributed by atoms with Crippen LogP contribution in [-0.4, -0.2) is 23.0 Å². The smallest absolute Gasteiger partial charge is 0.0705 e. The third-order valence-electron chi connectivity index (χ3n) is 4.14. The number of halogens is 1. The van der Waals surface area contributed by atoms with Crippen LogP contribution >= 0.6 is 11.6 Å². The van der Waals surface area contributed by atoms with Crippen molar-refractivity contribution in [1.82, 2.24) is 9.88 Å². The Kier molecular flexibility index (Phi) is 3.45. The number of aromatic nitrogens is 1. The predicted octanol–water partition coefficient (Wildman–Crippen LogP) is 3.95. The highest BCUT2D eigenvalue weighted by atomic mass is 35.5. The summed E-state index contributed by atoms with van der Waals surface area (Å²) in [5.74, 6) is 0. The number of H-pyrrole nitrogens is 1. The van der Waals surface area contributed by atoms with Crippen LogP contribution < -0.4 is 0 Å². The van der Waals surface area contributed by atoms with Crippen LogP contribution in [0.1, 0.15) is 25.5 Å². The first kappa shape index (κ1) is 13.5. The third kappa shape index (κ3) is 2.42. The lowest BCUT2D eigenvalue weighted by molar-refractivity contribution is 0.136. The van der Waals surface area contributed by atoms with Gasteiger partial charge in [-0.25, -0.2) is 0 Å². The Hall–Kier alpha value is -1.50. The molecule has 2 aromatic rings. The molecule has 3 nitrogen and oxygen atoms in total. The van der Waals surface area contributed by atoms with Crippen LogP contribution in [0.3, 0.4) is 0 Å². The Morgan fingerprint density at radius 1 is 1.45 bits per heavy atom. The topological polar surface area (TPSA) is 42.8 Å². The summed E-state index contributed by atoms with van der Waals surface area (Å²) in [5, 5.41) is 11.2. The molecule has 1 unspecified atom stereocenters. The first-order chi connectivity index (χ1) is 9.61. The van der Waals surface area contributed by atoms with Crippen molar-refractivity contribution < 1.29 is 0 Å². The first-order valence-corrected chi connectivity index (χ1v) is 7.38. The highest BCUT2D eigenvalue weighted by molar-refractivity contribution is 6.36. The Morgan fingerprint density at radius 2 is 2.25 bits per heavy atom. The zero-order chi connectivity index (χ0) is 14.2. The third-order valence-corrected chi connectivity index (χ3v) is 4.57. The number of nitriles is 1. The SMILES string of the molecule is CC1(C#N)CCCN(Cc2[nH]c3ccccc3c2Cl)C1. The van der Waals surface area contributed by atoms with Gasteiger partial charge in [0.2, 0.25) is 0 Å². The van der Waals surface area contributed by atoms with Crippen LogP contribution in [0.2, 0.25) is 5.02 Å². The number of rotatable bonds is 2. The summed E-state index contributed by atoms with van der Waals surface area (Å²) in [6.07, 6.45) is 2.06. The average molecular weight is 288 g/mol. The van der Waals surface area contributed by atoms with E-state index in [0.29, 0.717) is 0 Å². The first-order valence-electron chi connectivity index (χ1n) is 7.00. The molecule has 1 aliphatic rings. The minimum absolute atomic E-state index is 0.225. The number of nitrogens with one attached hydrogen (secondary N) is 1. The molecule has 0 aliphatic carbocycles. The van der Waals surface area contributed by atoms with Crippen molar-refractivity contribution in [2.24, 2.45) is 5.41 Å². The van der Waals surface area contributed by atoms with Crippen molar-refractivity contribution in [3.8, 4) is 6.07 Å². The molecule has 0 radical (unpaired) electrons. The van der Waals surface area contributed by atoms with Gasteiger partial charge in [0, 0.05) is 29.7 Å². The monoisotopic (exact) mass is 287 g/mol. The van der Waals surface area contributed by atoms with E-state index in [-0.39, 0.29) is 5.41 Å². The second-order valence-electron chi connectivity index (χ2n) is 5.95. The lowest BCUT2D eigenvalue weighted by Crippen LogP contribution is -2.40.